The van der Waals surface area contributed by atoms with Crippen molar-refractivity contribution in [2.75, 3.05) is 75.3 Å². The number of carbonyl (C=O) groups is 1. The summed E-state index contributed by atoms with van der Waals surface area (Å²) in [6.07, 6.45) is 0. The summed E-state index contributed by atoms with van der Waals surface area (Å²) in [6.45, 7) is 8.95. The summed E-state index contributed by atoms with van der Waals surface area (Å²) in [4.78, 5) is 20.9. The molecule has 10 nitrogen and oxygen atoms in total. The van der Waals surface area contributed by atoms with E-state index in [1.54, 1.807) is 17.9 Å². The van der Waals surface area contributed by atoms with E-state index in [4.69, 9.17) is 9.63 Å². The van der Waals surface area contributed by atoms with Gasteiger partial charge in [0.1, 0.15) is 5.76 Å². The molecule has 156 valence electrons. The van der Waals surface area contributed by atoms with E-state index in [1.807, 2.05) is 12.1 Å². The van der Waals surface area contributed by atoms with Crippen molar-refractivity contribution in [2.24, 2.45) is 0 Å². The molecule has 2 fully saturated rings. The summed E-state index contributed by atoms with van der Waals surface area (Å²) in [6, 6.07) is 5.68. The summed E-state index contributed by atoms with van der Waals surface area (Å²) < 4.78 is 5.00. The van der Waals surface area contributed by atoms with Crippen molar-refractivity contribution in [3.63, 3.8) is 0 Å². The molecular formula is C19H27N7O3. The number of hydrogen-bond donors (Lipinski definition) is 1. The van der Waals surface area contributed by atoms with Gasteiger partial charge in [-0.2, -0.15) is 0 Å². The predicted octanol–water partition coefficient (Wildman–Crippen LogP) is -0.150. The molecule has 1 amide bonds. The summed E-state index contributed by atoms with van der Waals surface area (Å²) >= 11 is 0. The minimum atomic E-state index is -0.0942. The molecule has 0 spiro atoms. The predicted molar refractivity (Wildman–Crippen MR) is 107 cm³/mol. The van der Waals surface area contributed by atoms with Gasteiger partial charge in [0, 0.05) is 65.0 Å². The number of hydrogen-bond acceptors (Lipinski definition) is 9. The lowest BCUT2D eigenvalue weighted by Gasteiger charge is -2.36. The van der Waals surface area contributed by atoms with Crippen molar-refractivity contribution >= 4 is 17.5 Å². The van der Waals surface area contributed by atoms with Gasteiger partial charge in [0.15, 0.2) is 17.3 Å². The lowest BCUT2D eigenvalue weighted by molar-refractivity contribution is 0.0736. The maximum atomic E-state index is 12.5. The van der Waals surface area contributed by atoms with Crippen LogP contribution in [0.25, 0.3) is 0 Å². The van der Waals surface area contributed by atoms with Gasteiger partial charge in [-0.05, 0) is 19.1 Å². The largest absolute Gasteiger partial charge is 0.395 e. The number of anilines is 2. The molecule has 0 aromatic carbocycles. The van der Waals surface area contributed by atoms with Gasteiger partial charge in [-0.15, -0.1) is 10.2 Å². The Balaban J connectivity index is 1.30. The van der Waals surface area contributed by atoms with Crippen molar-refractivity contribution in [2.45, 2.75) is 6.92 Å². The molecular weight excluding hydrogens is 374 g/mol. The van der Waals surface area contributed by atoms with Crippen molar-refractivity contribution in [3.05, 3.63) is 29.7 Å². The Morgan fingerprint density at radius 1 is 1.00 bits per heavy atom. The third-order valence-corrected chi connectivity index (χ3v) is 5.49. The fraction of sp³-hybridized carbons (Fsp3) is 0.579. The number of β-amino-alcohol motifs (C(OH)–C–C–N with tert-alkyl or cyclic N) is 1. The van der Waals surface area contributed by atoms with Crippen LogP contribution in [-0.4, -0.2) is 102 Å². The maximum absolute atomic E-state index is 12.5. The second-order valence-electron chi connectivity index (χ2n) is 7.40. The average Bonchev–Trinajstić information content (AvgIpc) is 3.21. The lowest BCUT2D eigenvalue weighted by Crippen LogP contribution is -2.49. The summed E-state index contributed by atoms with van der Waals surface area (Å²) in [5, 5.41) is 21.7. The van der Waals surface area contributed by atoms with Crippen LogP contribution in [-0.2, 0) is 0 Å². The topological polar surface area (TPSA) is 102 Å². The molecule has 10 heteroatoms. The molecule has 0 aliphatic carbocycles. The quantitative estimate of drug-likeness (QED) is 0.733. The van der Waals surface area contributed by atoms with E-state index in [0.717, 1.165) is 44.4 Å². The highest BCUT2D eigenvalue weighted by molar-refractivity contribution is 5.92. The Morgan fingerprint density at radius 2 is 1.59 bits per heavy atom. The number of nitrogens with zero attached hydrogens (tertiary/aromatic N) is 7. The highest BCUT2D eigenvalue weighted by Crippen LogP contribution is 2.18. The van der Waals surface area contributed by atoms with Gasteiger partial charge in [-0.1, -0.05) is 5.16 Å². The Hall–Kier alpha value is -2.72. The van der Waals surface area contributed by atoms with Crippen LogP contribution in [0.2, 0.25) is 0 Å². The van der Waals surface area contributed by atoms with Crippen LogP contribution >= 0.6 is 0 Å². The van der Waals surface area contributed by atoms with Gasteiger partial charge in [0.25, 0.3) is 5.91 Å². The van der Waals surface area contributed by atoms with E-state index < -0.39 is 0 Å². The highest BCUT2D eigenvalue weighted by atomic mass is 16.5. The van der Waals surface area contributed by atoms with E-state index in [0.29, 0.717) is 37.6 Å². The van der Waals surface area contributed by atoms with Crippen molar-refractivity contribution in [1.82, 2.24) is 25.2 Å². The molecule has 4 rings (SSSR count). The number of aryl methyl sites for hydroxylation is 1. The van der Waals surface area contributed by atoms with Crippen molar-refractivity contribution < 1.29 is 14.4 Å². The summed E-state index contributed by atoms with van der Waals surface area (Å²) in [7, 11) is 0. The van der Waals surface area contributed by atoms with E-state index in [9.17, 15) is 4.79 Å². The van der Waals surface area contributed by atoms with E-state index in [2.05, 4.69) is 30.1 Å². The number of piperazine rings is 2. The van der Waals surface area contributed by atoms with E-state index >= 15 is 0 Å². The molecule has 2 aliphatic rings. The Labute approximate surface area is 169 Å². The van der Waals surface area contributed by atoms with E-state index in [-0.39, 0.29) is 12.5 Å². The van der Waals surface area contributed by atoms with Crippen LogP contribution in [0.5, 0.6) is 0 Å². The third-order valence-electron chi connectivity index (χ3n) is 5.49. The average molecular weight is 401 g/mol. The first-order valence-electron chi connectivity index (χ1n) is 10.0. The van der Waals surface area contributed by atoms with Crippen LogP contribution in [0, 0.1) is 6.92 Å². The fourth-order valence-corrected chi connectivity index (χ4v) is 3.77. The first kappa shape index (κ1) is 19.6. The zero-order valence-corrected chi connectivity index (χ0v) is 16.7. The van der Waals surface area contributed by atoms with Gasteiger partial charge < -0.3 is 24.3 Å². The lowest BCUT2D eigenvalue weighted by atomic mass is 10.2. The van der Waals surface area contributed by atoms with Crippen LogP contribution in [0.15, 0.2) is 22.7 Å². The van der Waals surface area contributed by atoms with Crippen LogP contribution < -0.4 is 9.80 Å². The normalized spacial score (nSPS) is 18.3. The van der Waals surface area contributed by atoms with E-state index in [1.165, 1.54) is 0 Å². The number of carbonyl (C=O) groups excluding carboxylic acids is 1. The molecule has 2 aromatic rings. The molecule has 4 heterocycles. The second-order valence-corrected chi connectivity index (χ2v) is 7.40. The maximum Gasteiger partial charge on any atom is 0.276 e. The molecule has 2 aromatic heterocycles. The zero-order chi connectivity index (χ0) is 20.2. The standard InChI is InChI=1S/C19H27N7O3/c1-15-14-16(22-29-15)19(28)26-10-8-25(9-11-26)18-3-2-17(20-21-18)24-6-4-23(5-7-24)12-13-27/h2-3,14,27H,4-13H2,1H3. The SMILES string of the molecule is Cc1cc(C(=O)N2CCN(c3ccc(N4CCN(CCO)CC4)nn3)CC2)no1. The number of aliphatic hydroxyl groups excluding tert-OH is 1. The number of aromatic nitrogens is 3. The molecule has 0 radical (unpaired) electrons. The smallest absolute Gasteiger partial charge is 0.276 e. The third kappa shape index (κ3) is 4.48. The van der Waals surface area contributed by atoms with Gasteiger partial charge in [-0.25, -0.2) is 0 Å². The van der Waals surface area contributed by atoms with Crippen molar-refractivity contribution in [3.8, 4) is 0 Å². The zero-order valence-electron chi connectivity index (χ0n) is 16.7. The molecule has 29 heavy (non-hydrogen) atoms. The Kier molecular flexibility index (Phi) is 5.91. The minimum absolute atomic E-state index is 0.0942. The van der Waals surface area contributed by atoms with Crippen LogP contribution in [0.3, 0.4) is 0 Å². The molecule has 2 saturated heterocycles. The fourth-order valence-electron chi connectivity index (χ4n) is 3.77. The summed E-state index contributed by atoms with van der Waals surface area (Å²) in [5.41, 5.74) is 0.360. The number of amides is 1. The summed E-state index contributed by atoms with van der Waals surface area (Å²) in [5.74, 6) is 2.25. The second kappa shape index (κ2) is 8.75. The first-order valence-corrected chi connectivity index (χ1v) is 10.0. The van der Waals surface area contributed by atoms with Gasteiger partial charge in [-0.3, -0.25) is 9.69 Å². The van der Waals surface area contributed by atoms with Crippen LogP contribution in [0.1, 0.15) is 16.2 Å². The molecule has 0 bridgehead atoms. The highest BCUT2D eigenvalue weighted by Gasteiger charge is 2.25. The van der Waals surface area contributed by atoms with Crippen LogP contribution in [0.4, 0.5) is 11.6 Å². The van der Waals surface area contributed by atoms with Gasteiger partial charge in [0.05, 0.1) is 6.61 Å². The monoisotopic (exact) mass is 401 g/mol. The van der Waals surface area contributed by atoms with Gasteiger partial charge in [0.2, 0.25) is 0 Å². The Bertz CT molecular complexity index is 809. The molecule has 0 atom stereocenters. The Morgan fingerprint density at radius 3 is 2.07 bits per heavy atom. The molecule has 1 N–H and O–H groups in total. The molecule has 0 saturated carbocycles. The number of rotatable bonds is 5. The van der Waals surface area contributed by atoms with Crippen molar-refractivity contribution in [1.29, 1.82) is 0 Å². The minimum Gasteiger partial charge on any atom is -0.395 e. The van der Waals surface area contributed by atoms with Gasteiger partial charge >= 0.3 is 0 Å². The molecule has 2 aliphatic heterocycles. The number of aliphatic hydroxyl groups is 1. The molecule has 0 unspecified atom stereocenters. The first-order chi connectivity index (χ1) is 14.1.